The molecule has 4 nitrogen and oxygen atoms in total. The molecule has 2 aliphatic rings. The van der Waals surface area contributed by atoms with Gasteiger partial charge in [0.15, 0.2) is 0 Å². The highest BCUT2D eigenvalue weighted by atomic mass is 16.3. The van der Waals surface area contributed by atoms with E-state index in [9.17, 15) is 14.7 Å². The summed E-state index contributed by atoms with van der Waals surface area (Å²) in [6.07, 6.45) is 5.62. The van der Waals surface area contributed by atoms with Crippen LogP contribution in [-0.4, -0.2) is 22.5 Å². The van der Waals surface area contributed by atoms with Crippen LogP contribution in [0.3, 0.4) is 0 Å². The second-order valence-electron chi connectivity index (χ2n) is 6.79. The lowest BCUT2D eigenvalue weighted by Gasteiger charge is -2.32. The molecular formula is C18H21NO3. The highest BCUT2D eigenvalue weighted by Crippen LogP contribution is 2.33. The van der Waals surface area contributed by atoms with Gasteiger partial charge in [-0.15, -0.1) is 0 Å². The zero-order valence-corrected chi connectivity index (χ0v) is 13.0. The monoisotopic (exact) mass is 299 g/mol. The number of fused-ring (bicyclic) bond motifs is 1. The molecule has 0 radical (unpaired) electrons. The van der Waals surface area contributed by atoms with Gasteiger partial charge in [0.2, 0.25) is 0 Å². The largest absolute Gasteiger partial charge is 0.390 e. The summed E-state index contributed by atoms with van der Waals surface area (Å²) in [5.41, 5.74) is 2.55. The van der Waals surface area contributed by atoms with Gasteiger partial charge in [-0.1, -0.05) is 23.8 Å². The molecule has 1 aliphatic carbocycles. The van der Waals surface area contributed by atoms with E-state index in [2.05, 4.69) is 11.4 Å². The fourth-order valence-corrected chi connectivity index (χ4v) is 3.37. The van der Waals surface area contributed by atoms with E-state index in [1.165, 1.54) is 5.57 Å². The predicted octanol–water partition coefficient (Wildman–Crippen LogP) is 2.61. The molecule has 1 aromatic carbocycles. The van der Waals surface area contributed by atoms with Crippen molar-refractivity contribution < 1.29 is 14.7 Å². The number of imide groups is 1. The zero-order chi connectivity index (χ0) is 15.9. The van der Waals surface area contributed by atoms with Crippen LogP contribution in [0.2, 0.25) is 0 Å². The molecule has 22 heavy (non-hydrogen) atoms. The molecular weight excluding hydrogens is 278 g/mol. The molecule has 0 saturated heterocycles. The minimum atomic E-state index is -0.650. The summed E-state index contributed by atoms with van der Waals surface area (Å²) >= 11 is 0. The number of aliphatic hydroxyl groups is 1. The van der Waals surface area contributed by atoms with Crippen LogP contribution in [0, 0.1) is 5.92 Å². The third-order valence-corrected chi connectivity index (χ3v) is 4.77. The van der Waals surface area contributed by atoms with E-state index in [1.807, 2.05) is 26.0 Å². The first-order valence-electron chi connectivity index (χ1n) is 7.74. The van der Waals surface area contributed by atoms with Gasteiger partial charge in [-0.3, -0.25) is 14.9 Å². The Labute approximate surface area is 130 Å². The van der Waals surface area contributed by atoms with Crippen LogP contribution in [0.25, 0.3) is 0 Å². The van der Waals surface area contributed by atoms with Gasteiger partial charge in [-0.25, -0.2) is 0 Å². The van der Waals surface area contributed by atoms with Gasteiger partial charge in [0.05, 0.1) is 16.7 Å². The summed E-state index contributed by atoms with van der Waals surface area (Å²) in [6.45, 7) is 3.72. The molecule has 2 N–H and O–H groups in total. The summed E-state index contributed by atoms with van der Waals surface area (Å²) in [4.78, 5) is 23.6. The van der Waals surface area contributed by atoms with Crippen LogP contribution < -0.4 is 5.32 Å². The Morgan fingerprint density at radius 2 is 2.05 bits per heavy atom. The summed E-state index contributed by atoms with van der Waals surface area (Å²) in [7, 11) is 0. The van der Waals surface area contributed by atoms with Gasteiger partial charge in [-0.05, 0) is 57.1 Å². The summed E-state index contributed by atoms with van der Waals surface area (Å²) < 4.78 is 0. The van der Waals surface area contributed by atoms with Crippen LogP contribution in [0.4, 0.5) is 0 Å². The number of allylic oxidation sites excluding steroid dienone is 2. The van der Waals surface area contributed by atoms with E-state index in [0.717, 1.165) is 24.8 Å². The van der Waals surface area contributed by atoms with Crippen LogP contribution in [0.15, 0.2) is 29.8 Å². The maximum atomic E-state index is 11.9. The lowest BCUT2D eigenvalue weighted by atomic mass is 9.78. The Balaban J connectivity index is 1.80. The standard InChI is InChI=1S/C18H21NO3/c1-18(2,22)13-8-6-11(7-9-13)10-12-4-3-5-14-15(12)17(21)19-16(14)20/h3-6,13,22H,7-10H2,1-2H3,(H,19,20,21). The van der Waals surface area contributed by atoms with Crippen molar-refractivity contribution in [2.45, 2.75) is 45.1 Å². The fourth-order valence-electron chi connectivity index (χ4n) is 3.37. The van der Waals surface area contributed by atoms with E-state index in [0.29, 0.717) is 17.5 Å². The molecule has 116 valence electrons. The average Bonchev–Trinajstić information content (AvgIpc) is 2.75. The minimum absolute atomic E-state index is 0.280. The Kier molecular flexibility index (Phi) is 3.65. The van der Waals surface area contributed by atoms with E-state index >= 15 is 0 Å². The van der Waals surface area contributed by atoms with Crippen LogP contribution in [0.5, 0.6) is 0 Å². The van der Waals surface area contributed by atoms with E-state index in [-0.39, 0.29) is 17.7 Å². The van der Waals surface area contributed by atoms with Crippen LogP contribution in [0.1, 0.15) is 59.4 Å². The number of benzene rings is 1. The maximum Gasteiger partial charge on any atom is 0.259 e. The van der Waals surface area contributed by atoms with Gasteiger partial charge in [0.1, 0.15) is 0 Å². The smallest absolute Gasteiger partial charge is 0.259 e. The molecule has 0 aromatic heterocycles. The molecule has 0 spiro atoms. The number of amides is 2. The number of carbonyl (C=O) groups excluding carboxylic acids is 2. The maximum absolute atomic E-state index is 11.9. The normalized spacial score (nSPS) is 21.4. The molecule has 1 atom stereocenters. The lowest BCUT2D eigenvalue weighted by Crippen LogP contribution is -2.31. The van der Waals surface area contributed by atoms with Crippen molar-refractivity contribution in [3.05, 3.63) is 46.5 Å². The van der Waals surface area contributed by atoms with Crippen molar-refractivity contribution in [1.29, 1.82) is 0 Å². The van der Waals surface area contributed by atoms with E-state index in [4.69, 9.17) is 0 Å². The topological polar surface area (TPSA) is 66.4 Å². The number of hydrogen-bond acceptors (Lipinski definition) is 3. The SMILES string of the molecule is CC(C)(O)C1CC=C(Cc2cccc3c2C(=O)NC3=O)CC1. The van der Waals surface area contributed by atoms with Crippen molar-refractivity contribution >= 4 is 11.8 Å². The van der Waals surface area contributed by atoms with E-state index < -0.39 is 5.60 Å². The second-order valence-corrected chi connectivity index (χ2v) is 6.79. The summed E-state index contributed by atoms with van der Waals surface area (Å²) in [5, 5.41) is 12.4. The minimum Gasteiger partial charge on any atom is -0.390 e. The lowest BCUT2D eigenvalue weighted by molar-refractivity contribution is 0.0125. The average molecular weight is 299 g/mol. The molecule has 1 aromatic rings. The van der Waals surface area contributed by atoms with E-state index in [1.54, 1.807) is 6.07 Å². The molecule has 4 heteroatoms. The Bertz CT molecular complexity index is 667. The summed E-state index contributed by atoms with van der Waals surface area (Å²) in [6, 6.07) is 5.44. The third-order valence-electron chi connectivity index (χ3n) is 4.77. The number of nitrogens with one attached hydrogen (secondary N) is 1. The Morgan fingerprint density at radius 1 is 1.27 bits per heavy atom. The number of rotatable bonds is 3. The van der Waals surface area contributed by atoms with Crippen LogP contribution in [-0.2, 0) is 6.42 Å². The molecule has 0 fully saturated rings. The highest BCUT2D eigenvalue weighted by molar-refractivity contribution is 6.22. The predicted molar refractivity (Wildman–Crippen MR) is 83.7 cm³/mol. The molecule has 2 amide bonds. The van der Waals surface area contributed by atoms with Crippen molar-refractivity contribution in [2.24, 2.45) is 5.92 Å². The van der Waals surface area contributed by atoms with Gasteiger partial charge in [-0.2, -0.15) is 0 Å². The molecule has 1 unspecified atom stereocenters. The Morgan fingerprint density at radius 3 is 2.68 bits per heavy atom. The third kappa shape index (κ3) is 2.71. The van der Waals surface area contributed by atoms with Crippen molar-refractivity contribution in [3.8, 4) is 0 Å². The first-order chi connectivity index (χ1) is 10.4. The highest BCUT2D eigenvalue weighted by Gasteiger charge is 2.31. The fraction of sp³-hybridized carbons (Fsp3) is 0.444. The number of hydrogen-bond donors (Lipinski definition) is 2. The van der Waals surface area contributed by atoms with Gasteiger partial charge >= 0.3 is 0 Å². The van der Waals surface area contributed by atoms with Crippen molar-refractivity contribution in [2.75, 3.05) is 0 Å². The zero-order valence-electron chi connectivity index (χ0n) is 13.0. The van der Waals surface area contributed by atoms with Gasteiger partial charge in [0, 0.05) is 0 Å². The first kappa shape index (κ1) is 15.0. The van der Waals surface area contributed by atoms with Crippen LogP contribution >= 0.6 is 0 Å². The van der Waals surface area contributed by atoms with Gasteiger partial charge in [0.25, 0.3) is 11.8 Å². The van der Waals surface area contributed by atoms with Crippen molar-refractivity contribution in [1.82, 2.24) is 5.32 Å². The van der Waals surface area contributed by atoms with Crippen molar-refractivity contribution in [3.63, 3.8) is 0 Å². The molecule has 0 saturated carbocycles. The summed E-state index contributed by atoms with van der Waals surface area (Å²) in [5.74, 6) is -0.314. The first-order valence-corrected chi connectivity index (χ1v) is 7.74. The van der Waals surface area contributed by atoms with Gasteiger partial charge < -0.3 is 5.11 Å². The molecule has 1 aliphatic heterocycles. The quantitative estimate of drug-likeness (QED) is 0.666. The Hall–Kier alpha value is -1.94. The second kappa shape index (κ2) is 5.36. The molecule has 0 bridgehead atoms. The molecule has 3 rings (SSSR count). The molecule has 1 heterocycles. The number of carbonyl (C=O) groups is 2.